The van der Waals surface area contributed by atoms with Gasteiger partial charge < -0.3 is 10.6 Å². The van der Waals surface area contributed by atoms with E-state index in [1.54, 1.807) is 23.1 Å². The molecule has 0 spiro atoms. The smallest absolute Gasteiger partial charge is 0.263 e. The van der Waals surface area contributed by atoms with Crippen LogP contribution >= 0.6 is 11.6 Å². The van der Waals surface area contributed by atoms with Crippen LogP contribution < -0.4 is 10.6 Å². The Labute approximate surface area is 246 Å². The zero-order chi connectivity index (χ0) is 29.8. The van der Waals surface area contributed by atoms with Crippen LogP contribution in [0.4, 0.5) is 20.2 Å². The summed E-state index contributed by atoms with van der Waals surface area (Å²) in [7, 11) is 1.85. The van der Waals surface area contributed by atoms with Crippen molar-refractivity contribution in [2.75, 3.05) is 17.2 Å². The van der Waals surface area contributed by atoms with E-state index in [9.17, 15) is 14.0 Å². The summed E-state index contributed by atoms with van der Waals surface area (Å²) < 4.78 is 30.9. The predicted molar refractivity (Wildman–Crippen MR) is 159 cm³/mol. The van der Waals surface area contributed by atoms with Gasteiger partial charge in [0.05, 0.1) is 45.7 Å². The second-order valence-electron chi connectivity index (χ2n) is 12.0. The number of benzene rings is 2. The van der Waals surface area contributed by atoms with Crippen molar-refractivity contribution in [2.45, 2.75) is 51.6 Å². The molecule has 0 aliphatic heterocycles. The van der Waals surface area contributed by atoms with Crippen molar-refractivity contribution in [1.82, 2.24) is 29.8 Å². The number of nitrogens with one attached hydrogen (secondary N) is 2. The third-order valence-corrected chi connectivity index (χ3v) is 7.97. The molecule has 2 aromatic carbocycles. The number of alkyl halides is 2. The van der Waals surface area contributed by atoms with E-state index in [2.05, 4.69) is 57.9 Å². The monoisotopic (exact) mass is 589 g/mol. The number of para-hydroxylation sites is 1. The van der Waals surface area contributed by atoms with E-state index in [1.807, 2.05) is 31.3 Å². The number of fused-ring (bicyclic) bond motifs is 2. The molecule has 3 aromatic heterocycles. The normalized spacial score (nSPS) is 15.2. The molecule has 0 unspecified atom stereocenters. The standard InChI is InChI=1S/C30H30ClF2N9/c1-29(2,3)16-36-24-18(12-34)13-35-25-21(24)10-19(11-22(25)31)38-26(20-7-5-6-17-14-37-41(4)27(17)20)23-15-42(40-39-23)30(8-9-30)28(32)33/h5-7,10-11,13-15,26,28,38H,8-9,16H2,1-4H3,(H,35,36)/t26-/m0/s1. The lowest BCUT2D eigenvalue weighted by Crippen LogP contribution is -2.26. The number of hydrogen-bond donors (Lipinski definition) is 2. The van der Waals surface area contributed by atoms with Gasteiger partial charge >= 0.3 is 0 Å². The van der Waals surface area contributed by atoms with Gasteiger partial charge in [0.1, 0.15) is 17.3 Å². The number of halogens is 3. The number of hydrogen-bond acceptors (Lipinski definition) is 7. The Morgan fingerprint density at radius 2 is 1.98 bits per heavy atom. The van der Waals surface area contributed by atoms with Crippen LogP contribution in [0, 0.1) is 16.7 Å². The summed E-state index contributed by atoms with van der Waals surface area (Å²) in [6.07, 6.45) is 3.05. The SMILES string of the molecule is Cn1ncc2cccc([C@H](Nc3cc(Cl)c4ncc(C#N)c(NCC(C)(C)C)c4c3)c3cn(C4(C(F)F)CC4)nn3)c21. The molecule has 216 valence electrons. The second-order valence-corrected chi connectivity index (χ2v) is 12.5. The fourth-order valence-corrected chi connectivity index (χ4v) is 5.52. The molecular weight excluding hydrogens is 560 g/mol. The fraction of sp³-hybridized carbons (Fsp3) is 0.367. The Morgan fingerprint density at radius 3 is 2.67 bits per heavy atom. The van der Waals surface area contributed by atoms with Crippen LogP contribution in [0.3, 0.4) is 0 Å². The van der Waals surface area contributed by atoms with E-state index in [-0.39, 0.29) is 5.41 Å². The summed E-state index contributed by atoms with van der Waals surface area (Å²) in [5.41, 5.74) is 3.07. The number of aryl methyl sites for hydroxylation is 1. The van der Waals surface area contributed by atoms with Crippen LogP contribution in [0.5, 0.6) is 0 Å². The largest absolute Gasteiger partial charge is 0.383 e. The molecule has 0 amide bonds. The minimum atomic E-state index is -2.54. The van der Waals surface area contributed by atoms with Crippen molar-refractivity contribution < 1.29 is 8.78 Å². The molecule has 1 aliphatic rings. The van der Waals surface area contributed by atoms with Gasteiger partial charge in [-0.2, -0.15) is 10.4 Å². The van der Waals surface area contributed by atoms with Crippen molar-refractivity contribution in [1.29, 1.82) is 5.26 Å². The number of nitriles is 1. The first kappa shape index (κ1) is 27.8. The van der Waals surface area contributed by atoms with Crippen LogP contribution in [0.25, 0.3) is 21.8 Å². The van der Waals surface area contributed by atoms with Gasteiger partial charge in [-0.25, -0.2) is 13.5 Å². The Balaban J connectivity index is 1.49. The molecule has 5 aromatic rings. The van der Waals surface area contributed by atoms with Crippen LogP contribution in [-0.4, -0.2) is 42.7 Å². The van der Waals surface area contributed by atoms with Gasteiger partial charge in [-0.3, -0.25) is 9.67 Å². The first-order chi connectivity index (χ1) is 20.0. The molecule has 3 heterocycles. The van der Waals surface area contributed by atoms with E-state index >= 15 is 0 Å². The summed E-state index contributed by atoms with van der Waals surface area (Å²) in [5, 5.41) is 31.8. The highest BCUT2D eigenvalue weighted by Crippen LogP contribution is 2.48. The fourth-order valence-electron chi connectivity index (χ4n) is 5.25. The lowest BCUT2D eigenvalue weighted by atomic mass is 9.96. The molecule has 12 heteroatoms. The van der Waals surface area contributed by atoms with Crippen molar-refractivity contribution >= 4 is 44.8 Å². The molecule has 0 radical (unpaired) electrons. The number of aromatic nitrogens is 6. The van der Waals surface area contributed by atoms with E-state index in [4.69, 9.17) is 11.6 Å². The average molecular weight is 590 g/mol. The predicted octanol–water partition coefficient (Wildman–Crippen LogP) is 6.65. The van der Waals surface area contributed by atoms with E-state index in [0.717, 1.165) is 16.5 Å². The average Bonchev–Trinajstić information content (AvgIpc) is 3.47. The van der Waals surface area contributed by atoms with Crippen LogP contribution in [-0.2, 0) is 12.6 Å². The van der Waals surface area contributed by atoms with Gasteiger partial charge in [-0.05, 0) is 30.4 Å². The minimum absolute atomic E-state index is 0.0438. The number of nitrogens with zero attached hydrogens (tertiary/aromatic N) is 7. The topological polar surface area (TPSA) is 109 Å². The Kier molecular flexibility index (Phi) is 6.77. The van der Waals surface area contributed by atoms with Gasteiger partial charge in [0.2, 0.25) is 0 Å². The Morgan fingerprint density at radius 1 is 1.19 bits per heavy atom. The summed E-state index contributed by atoms with van der Waals surface area (Å²) in [6, 6.07) is 11.1. The number of anilines is 2. The summed E-state index contributed by atoms with van der Waals surface area (Å²) in [6.45, 7) is 6.93. The molecule has 1 fully saturated rings. The van der Waals surface area contributed by atoms with Gasteiger partial charge in [0.25, 0.3) is 6.43 Å². The maximum Gasteiger partial charge on any atom is 0.263 e. The highest BCUT2D eigenvalue weighted by Gasteiger charge is 2.54. The molecule has 6 rings (SSSR count). The molecule has 0 bridgehead atoms. The zero-order valence-corrected chi connectivity index (χ0v) is 24.4. The van der Waals surface area contributed by atoms with Crippen molar-refractivity contribution in [2.24, 2.45) is 12.5 Å². The number of rotatable bonds is 8. The third kappa shape index (κ3) is 4.90. The van der Waals surface area contributed by atoms with Crippen molar-refractivity contribution in [3.8, 4) is 6.07 Å². The van der Waals surface area contributed by atoms with Crippen molar-refractivity contribution in [3.63, 3.8) is 0 Å². The summed E-state index contributed by atoms with van der Waals surface area (Å²) in [5.74, 6) is 0. The van der Waals surface area contributed by atoms with E-state index in [0.29, 0.717) is 57.9 Å². The number of pyridine rings is 1. The van der Waals surface area contributed by atoms with Crippen LogP contribution in [0.2, 0.25) is 5.02 Å². The van der Waals surface area contributed by atoms with Gasteiger partial charge in [-0.1, -0.05) is 55.8 Å². The zero-order valence-electron chi connectivity index (χ0n) is 23.7. The highest BCUT2D eigenvalue weighted by molar-refractivity contribution is 6.35. The molecule has 1 aliphatic carbocycles. The van der Waals surface area contributed by atoms with E-state index < -0.39 is 18.0 Å². The molecule has 1 saturated carbocycles. The maximum absolute atomic E-state index is 13.9. The quantitative estimate of drug-likeness (QED) is 0.208. The van der Waals surface area contributed by atoms with Gasteiger partial charge in [0.15, 0.2) is 0 Å². The second kappa shape index (κ2) is 10.2. The van der Waals surface area contributed by atoms with Gasteiger partial charge in [-0.15, -0.1) is 5.10 Å². The Hall–Kier alpha value is -4.30. The maximum atomic E-state index is 13.9. The summed E-state index contributed by atoms with van der Waals surface area (Å²) >= 11 is 6.76. The first-order valence-corrected chi connectivity index (χ1v) is 14.0. The van der Waals surface area contributed by atoms with Crippen LogP contribution in [0.15, 0.2) is 48.9 Å². The lowest BCUT2D eigenvalue weighted by molar-refractivity contribution is 0.0593. The lowest BCUT2D eigenvalue weighted by Gasteiger charge is -2.23. The van der Waals surface area contributed by atoms with Gasteiger partial charge in [0, 0.05) is 41.8 Å². The minimum Gasteiger partial charge on any atom is -0.383 e. The molecule has 0 saturated heterocycles. The Bertz CT molecular complexity index is 1840. The molecule has 1 atom stereocenters. The molecule has 42 heavy (non-hydrogen) atoms. The van der Waals surface area contributed by atoms with Crippen LogP contribution in [0.1, 0.15) is 56.5 Å². The first-order valence-electron chi connectivity index (χ1n) is 13.6. The summed E-state index contributed by atoms with van der Waals surface area (Å²) in [4.78, 5) is 4.46. The molecule has 9 nitrogen and oxygen atoms in total. The highest BCUT2D eigenvalue weighted by atomic mass is 35.5. The molecular formula is C30H30ClF2N9. The molecule has 2 N–H and O–H groups in total. The third-order valence-electron chi connectivity index (χ3n) is 7.69. The van der Waals surface area contributed by atoms with E-state index in [1.165, 1.54) is 10.9 Å². The van der Waals surface area contributed by atoms with Crippen molar-refractivity contribution in [3.05, 3.63) is 70.8 Å².